The highest BCUT2D eigenvalue weighted by Crippen LogP contribution is 2.48. The second-order valence-corrected chi connectivity index (χ2v) is 8.21. The minimum atomic E-state index is -1.10. The fourth-order valence-electron chi connectivity index (χ4n) is 4.15. The number of hydrogen-bond acceptors (Lipinski definition) is 7. The number of fused-ring (bicyclic) bond motifs is 2. The molecule has 7 heteroatoms. The molecule has 2 aliphatic heterocycles. The van der Waals surface area contributed by atoms with Gasteiger partial charge in [-0.25, -0.2) is 4.79 Å². The highest BCUT2D eigenvalue weighted by molar-refractivity contribution is 5.91. The molecule has 1 saturated carbocycles. The average Bonchev–Trinajstić information content (AvgIpc) is 3.05. The minimum Gasteiger partial charge on any atom is -0.459 e. The van der Waals surface area contributed by atoms with Gasteiger partial charge in [0.25, 0.3) is 0 Å². The Labute approximate surface area is 157 Å². The summed E-state index contributed by atoms with van der Waals surface area (Å²) in [5.74, 6) is -2.55. The maximum atomic E-state index is 13.0. The molecular weight excluding hydrogens is 352 g/mol. The minimum absolute atomic E-state index is 0.104. The van der Waals surface area contributed by atoms with E-state index in [-0.39, 0.29) is 12.4 Å². The van der Waals surface area contributed by atoms with E-state index in [0.29, 0.717) is 12.0 Å². The monoisotopic (exact) mass is 376 g/mol. The van der Waals surface area contributed by atoms with E-state index in [1.165, 1.54) is 0 Å². The van der Waals surface area contributed by atoms with Crippen molar-refractivity contribution in [2.75, 3.05) is 6.61 Å². The molecular formula is C20H24O7. The van der Waals surface area contributed by atoms with Crippen molar-refractivity contribution >= 4 is 11.8 Å². The molecule has 0 N–H and O–H groups in total. The molecule has 0 bridgehead atoms. The number of rotatable bonds is 3. The van der Waals surface area contributed by atoms with E-state index in [1.54, 1.807) is 52.0 Å². The molecule has 4 rings (SSSR count). The summed E-state index contributed by atoms with van der Waals surface area (Å²) in [5.41, 5.74) is -0.666. The van der Waals surface area contributed by atoms with Crippen molar-refractivity contribution in [3.05, 3.63) is 35.9 Å². The van der Waals surface area contributed by atoms with Crippen LogP contribution in [0.4, 0.5) is 0 Å². The molecule has 7 nitrogen and oxygen atoms in total. The Balaban J connectivity index is 1.58. The van der Waals surface area contributed by atoms with Crippen LogP contribution in [-0.4, -0.2) is 53.8 Å². The standard InChI is InChI=1S/C20H24O7/c1-18(2)24-13-10-20(11-23-17(22)12-8-6-5-7-9-12)16(14(21)15(13)25-18)26-19(3,4)27-20/h5-9,13,15-16H,10-11H2,1-4H3/t13-,15?,16+,20+/m1/s1. The lowest BCUT2D eigenvalue weighted by molar-refractivity contribution is -0.183. The van der Waals surface area contributed by atoms with Crippen LogP contribution in [0.1, 0.15) is 44.5 Å². The molecule has 2 saturated heterocycles. The zero-order valence-electron chi connectivity index (χ0n) is 15.9. The van der Waals surface area contributed by atoms with Gasteiger partial charge in [0.15, 0.2) is 23.5 Å². The molecule has 0 radical (unpaired) electrons. The van der Waals surface area contributed by atoms with E-state index >= 15 is 0 Å². The van der Waals surface area contributed by atoms with Gasteiger partial charge >= 0.3 is 5.97 Å². The summed E-state index contributed by atoms with van der Waals surface area (Å²) in [6.07, 6.45) is -1.73. The van der Waals surface area contributed by atoms with Crippen molar-refractivity contribution in [1.29, 1.82) is 0 Å². The van der Waals surface area contributed by atoms with Crippen LogP contribution in [-0.2, 0) is 28.5 Å². The van der Waals surface area contributed by atoms with E-state index in [1.807, 2.05) is 6.07 Å². The molecule has 1 aromatic carbocycles. The van der Waals surface area contributed by atoms with Crippen LogP contribution < -0.4 is 0 Å². The van der Waals surface area contributed by atoms with Crippen LogP contribution in [0.15, 0.2) is 30.3 Å². The van der Waals surface area contributed by atoms with Crippen LogP contribution in [0, 0.1) is 0 Å². The third kappa shape index (κ3) is 3.29. The second-order valence-electron chi connectivity index (χ2n) is 8.21. The Hall–Kier alpha value is -1.80. The average molecular weight is 376 g/mol. The summed E-state index contributed by atoms with van der Waals surface area (Å²) in [4.78, 5) is 25.4. The predicted molar refractivity (Wildman–Crippen MR) is 92.9 cm³/mol. The van der Waals surface area contributed by atoms with Gasteiger partial charge in [0.2, 0.25) is 0 Å². The quantitative estimate of drug-likeness (QED) is 0.748. The largest absolute Gasteiger partial charge is 0.459 e. The summed E-state index contributed by atoms with van der Waals surface area (Å²) in [5, 5.41) is 0. The van der Waals surface area contributed by atoms with E-state index in [4.69, 9.17) is 23.7 Å². The third-order valence-corrected chi connectivity index (χ3v) is 5.05. The molecule has 4 atom stereocenters. The number of ether oxygens (including phenoxy) is 5. The van der Waals surface area contributed by atoms with Crippen molar-refractivity contribution in [3.63, 3.8) is 0 Å². The Kier molecular flexibility index (Phi) is 4.19. The van der Waals surface area contributed by atoms with Crippen LogP contribution in [0.3, 0.4) is 0 Å². The molecule has 2 heterocycles. The molecule has 146 valence electrons. The first kappa shape index (κ1) is 18.6. The first-order valence-electron chi connectivity index (χ1n) is 9.10. The molecule has 1 aromatic rings. The van der Waals surface area contributed by atoms with Crippen LogP contribution in [0.2, 0.25) is 0 Å². The van der Waals surface area contributed by atoms with Gasteiger partial charge in [-0.1, -0.05) is 18.2 Å². The van der Waals surface area contributed by atoms with Crippen molar-refractivity contribution in [2.24, 2.45) is 0 Å². The summed E-state index contributed by atoms with van der Waals surface area (Å²) in [7, 11) is 0. The number of carbonyl (C=O) groups is 2. The van der Waals surface area contributed by atoms with Crippen LogP contribution in [0.25, 0.3) is 0 Å². The lowest BCUT2D eigenvalue weighted by Crippen LogP contribution is -2.60. The molecule has 3 aliphatic rings. The van der Waals surface area contributed by atoms with Gasteiger partial charge in [-0.3, -0.25) is 4.79 Å². The van der Waals surface area contributed by atoms with Crippen molar-refractivity contribution < 1.29 is 33.3 Å². The number of ketones is 1. The molecule has 1 unspecified atom stereocenters. The summed E-state index contributed by atoms with van der Waals surface area (Å²) < 4.78 is 29.2. The second kappa shape index (κ2) is 6.10. The zero-order valence-corrected chi connectivity index (χ0v) is 15.9. The van der Waals surface area contributed by atoms with E-state index < -0.39 is 41.5 Å². The normalized spacial score (nSPS) is 36.1. The Morgan fingerprint density at radius 3 is 2.48 bits per heavy atom. The fourth-order valence-corrected chi connectivity index (χ4v) is 4.15. The first-order chi connectivity index (χ1) is 12.6. The molecule has 0 aromatic heterocycles. The topological polar surface area (TPSA) is 80.3 Å². The van der Waals surface area contributed by atoms with Crippen LogP contribution >= 0.6 is 0 Å². The van der Waals surface area contributed by atoms with Gasteiger partial charge in [-0.2, -0.15) is 0 Å². The van der Waals surface area contributed by atoms with Gasteiger partial charge in [-0.15, -0.1) is 0 Å². The lowest BCUT2D eigenvalue weighted by Gasteiger charge is -2.38. The SMILES string of the molecule is CC1(C)OC2C(=O)[C@@H]3OC(C)(C)O[C@]3(COC(=O)c3ccccc3)C[C@H]2O1. The Morgan fingerprint density at radius 2 is 1.78 bits per heavy atom. The van der Waals surface area contributed by atoms with E-state index in [2.05, 4.69) is 0 Å². The lowest BCUT2D eigenvalue weighted by atomic mass is 9.78. The van der Waals surface area contributed by atoms with Crippen molar-refractivity contribution in [2.45, 2.75) is 69.6 Å². The summed E-state index contributed by atoms with van der Waals surface area (Å²) >= 11 is 0. The van der Waals surface area contributed by atoms with Gasteiger partial charge in [0, 0.05) is 6.42 Å². The number of carbonyl (C=O) groups excluding carboxylic acids is 2. The van der Waals surface area contributed by atoms with Crippen molar-refractivity contribution in [1.82, 2.24) is 0 Å². The zero-order chi connectivity index (χ0) is 19.4. The predicted octanol–water partition coefficient (Wildman–Crippen LogP) is 2.23. The number of esters is 1. The maximum Gasteiger partial charge on any atom is 0.338 e. The molecule has 1 aliphatic carbocycles. The van der Waals surface area contributed by atoms with Crippen LogP contribution in [0.5, 0.6) is 0 Å². The smallest absolute Gasteiger partial charge is 0.338 e. The molecule has 0 spiro atoms. The first-order valence-corrected chi connectivity index (χ1v) is 9.10. The number of benzene rings is 1. The van der Waals surface area contributed by atoms with Gasteiger partial charge in [-0.05, 0) is 39.8 Å². The van der Waals surface area contributed by atoms with E-state index in [0.717, 1.165) is 0 Å². The molecule has 27 heavy (non-hydrogen) atoms. The third-order valence-electron chi connectivity index (χ3n) is 5.05. The Bertz CT molecular complexity index is 757. The summed E-state index contributed by atoms with van der Waals surface area (Å²) in [6, 6.07) is 8.69. The molecule has 3 fully saturated rings. The van der Waals surface area contributed by atoms with Gasteiger partial charge in [0.1, 0.15) is 18.3 Å². The number of Topliss-reactive ketones (excluding diaryl/α,β-unsaturated/α-hetero) is 1. The van der Waals surface area contributed by atoms with E-state index in [9.17, 15) is 9.59 Å². The van der Waals surface area contributed by atoms with Crippen molar-refractivity contribution in [3.8, 4) is 0 Å². The highest BCUT2D eigenvalue weighted by Gasteiger charge is 2.66. The highest BCUT2D eigenvalue weighted by atomic mass is 16.8. The maximum absolute atomic E-state index is 13.0. The fraction of sp³-hybridized carbons (Fsp3) is 0.600. The number of hydrogen-bond donors (Lipinski definition) is 0. The summed E-state index contributed by atoms with van der Waals surface area (Å²) in [6.45, 7) is 6.90. The molecule has 0 amide bonds. The Morgan fingerprint density at radius 1 is 1.07 bits per heavy atom. The van der Waals surface area contributed by atoms with Gasteiger partial charge < -0.3 is 23.7 Å². The van der Waals surface area contributed by atoms with Gasteiger partial charge in [0.05, 0.1) is 11.7 Å².